The maximum absolute atomic E-state index is 13.8. The highest BCUT2D eigenvalue weighted by Gasteiger charge is 2.56. The predicted octanol–water partition coefficient (Wildman–Crippen LogP) is 5.12. The van der Waals surface area contributed by atoms with E-state index in [0.717, 1.165) is 32.1 Å². The van der Waals surface area contributed by atoms with Gasteiger partial charge in [-0.25, -0.2) is 4.79 Å². The van der Waals surface area contributed by atoms with Gasteiger partial charge in [0, 0.05) is 62.9 Å². The lowest BCUT2D eigenvalue weighted by Crippen LogP contribution is -2.62. The topological polar surface area (TPSA) is 132 Å². The summed E-state index contributed by atoms with van der Waals surface area (Å²) >= 11 is 0. The number of amides is 3. The molecule has 1 spiro atoms. The number of aliphatic hydroxyl groups is 1. The summed E-state index contributed by atoms with van der Waals surface area (Å²) in [6, 6.07) is 8.52. The normalized spacial score (nSPS) is 22.0. The first kappa shape index (κ1) is 33.7. The van der Waals surface area contributed by atoms with Gasteiger partial charge >= 0.3 is 6.09 Å². The summed E-state index contributed by atoms with van der Waals surface area (Å²) in [5.41, 5.74) is -0.172. The summed E-state index contributed by atoms with van der Waals surface area (Å²) in [5.74, 6) is 0.440. The van der Waals surface area contributed by atoms with Crippen molar-refractivity contribution in [2.45, 2.75) is 96.2 Å². The summed E-state index contributed by atoms with van der Waals surface area (Å²) in [7, 11) is 3.28. The van der Waals surface area contributed by atoms with E-state index >= 15 is 0 Å². The number of benzene rings is 1. The van der Waals surface area contributed by atoms with Gasteiger partial charge in [-0.15, -0.1) is 0 Å². The van der Waals surface area contributed by atoms with Crippen molar-refractivity contribution in [1.82, 2.24) is 19.7 Å². The van der Waals surface area contributed by atoms with Gasteiger partial charge in [-0.1, -0.05) is 76.1 Å². The number of hydrogen-bond acceptors (Lipinski definition) is 5. The molecular weight excluding hydrogens is 584 g/mol. The highest BCUT2D eigenvalue weighted by molar-refractivity contribution is 6.00. The van der Waals surface area contributed by atoms with Crippen LogP contribution in [0, 0.1) is 17.3 Å². The summed E-state index contributed by atoms with van der Waals surface area (Å²) in [5, 5.41) is 24.0. The summed E-state index contributed by atoms with van der Waals surface area (Å²) in [6.45, 7) is 3.02. The van der Waals surface area contributed by atoms with Crippen molar-refractivity contribution in [3.8, 4) is 11.1 Å². The number of pyridine rings is 1. The Bertz CT molecular complexity index is 1490. The second-order valence-corrected chi connectivity index (χ2v) is 14.3. The van der Waals surface area contributed by atoms with E-state index in [-0.39, 0.29) is 36.4 Å². The zero-order valence-electron chi connectivity index (χ0n) is 27.6. The number of carboxylic acid groups (broad SMARTS) is 1. The molecule has 0 radical (unpaired) electrons. The molecule has 3 N–H and O–H groups in total. The van der Waals surface area contributed by atoms with Crippen molar-refractivity contribution in [1.29, 1.82) is 0 Å². The van der Waals surface area contributed by atoms with Gasteiger partial charge in [-0.2, -0.15) is 0 Å². The molecule has 1 aromatic heterocycles. The van der Waals surface area contributed by atoms with Gasteiger partial charge < -0.3 is 29.9 Å². The van der Waals surface area contributed by atoms with Gasteiger partial charge in [-0.3, -0.25) is 14.4 Å². The molecule has 3 amide bonds. The lowest BCUT2D eigenvalue weighted by molar-refractivity contribution is -0.163. The van der Waals surface area contributed by atoms with E-state index < -0.39 is 17.1 Å². The van der Waals surface area contributed by atoms with Crippen LogP contribution in [0.1, 0.15) is 93.5 Å². The quantitative estimate of drug-likeness (QED) is 0.351. The van der Waals surface area contributed by atoms with E-state index in [4.69, 9.17) is 5.11 Å². The molecule has 1 aliphatic heterocycles. The Hall–Kier alpha value is -3.66. The Balaban J connectivity index is 1.43. The number of piperidine rings is 1. The van der Waals surface area contributed by atoms with Gasteiger partial charge in [0.15, 0.2) is 0 Å². The van der Waals surface area contributed by atoms with E-state index in [0.29, 0.717) is 47.7 Å². The third kappa shape index (κ3) is 7.01. The van der Waals surface area contributed by atoms with E-state index in [2.05, 4.69) is 12.2 Å². The summed E-state index contributed by atoms with van der Waals surface area (Å²) in [4.78, 5) is 55.6. The lowest BCUT2D eigenvalue weighted by Gasteiger charge is -2.53. The van der Waals surface area contributed by atoms with Gasteiger partial charge in [0.25, 0.3) is 11.5 Å². The molecule has 3 aliphatic rings. The number of nitrogens with zero attached hydrogens (tertiary/aromatic N) is 3. The van der Waals surface area contributed by atoms with Crippen LogP contribution in [0.15, 0.2) is 41.3 Å². The molecule has 2 unspecified atom stereocenters. The third-order valence-corrected chi connectivity index (χ3v) is 10.9. The van der Waals surface area contributed by atoms with Crippen LogP contribution in [-0.2, 0) is 17.9 Å². The molecule has 10 nitrogen and oxygen atoms in total. The smallest absolute Gasteiger partial charge is 0.404 e. The fourth-order valence-corrected chi connectivity index (χ4v) is 8.34. The molecule has 1 saturated heterocycles. The van der Waals surface area contributed by atoms with E-state index in [1.165, 1.54) is 47.6 Å². The van der Waals surface area contributed by atoms with Crippen LogP contribution in [0.25, 0.3) is 11.1 Å². The van der Waals surface area contributed by atoms with Crippen LogP contribution in [-0.4, -0.2) is 75.3 Å². The summed E-state index contributed by atoms with van der Waals surface area (Å²) in [6.07, 6.45) is 11.4. The minimum atomic E-state index is -1.22. The molecule has 1 aromatic carbocycles. The second-order valence-electron chi connectivity index (χ2n) is 14.3. The minimum absolute atomic E-state index is 0.0148. The molecule has 2 aromatic rings. The number of hydrogen-bond donors (Lipinski definition) is 3. The van der Waals surface area contributed by atoms with Crippen molar-refractivity contribution in [2.75, 3.05) is 27.2 Å². The Morgan fingerprint density at radius 3 is 2.39 bits per heavy atom. The number of nitrogens with one attached hydrogen (secondary N) is 1. The number of carbonyl (C=O) groups is 3. The van der Waals surface area contributed by atoms with Crippen LogP contribution in [0.3, 0.4) is 0 Å². The fraction of sp³-hybridized carbons (Fsp3) is 0.611. The molecule has 0 bridgehead atoms. The Morgan fingerprint density at radius 1 is 1.02 bits per heavy atom. The highest BCUT2D eigenvalue weighted by atomic mass is 16.4. The maximum atomic E-state index is 13.8. The average Bonchev–Trinajstić information content (AvgIpc) is 3.52. The first-order valence-corrected chi connectivity index (χ1v) is 17.0. The molecule has 10 heteroatoms. The Labute approximate surface area is 271 Å². The fourth-order valence-electron chi connectivity index (χ4n) is 8.34. The Kier molecular flexibility index (Phi) is 10.2. The number of carbonyl (C=O) groups excluding carboxylic acids is 2. The monoisotopic (exact) mass is 634 g/mol. The molecular formula is C36H50N4O6. The number of rotatable bonds is 9. The predicted molar refractivity (Wildman–Crippen MR) is 176 cm³/mol. The van der Waals surface area contributed by atoms with Crippen LogP contribution in [0.5, 0.6) is 0 Å². The number of aromatic nitrogens is 1. The molecule has 2 aliphatic carbocycles. The minimum Gasteiger partial charge on any atom is -0.465 e. The van der Waals surface area contributed by atoms with Crippen LogP contribution >= 0.6 is 0 Å². The first-order valence-electron chi connectivity index (χ1n) is 17.0. The largest absolute Gasteiger partial charge is 0.465 e. The van der Waals surface area contributed by atoms with Gasteiger partial charge in [-0.05, 0) is 42.7 Å². The van der Waals surface area contributed by atoms with Crippen molar-refractivity contribution in [2.24, 2.45) is 17.3 Å². The number of likely N-dealkylation sites (tertiary alicyclic amines) is 1. The maximum Gasteiger partial charge on any atom is 0.404 e. The molecule has 2 atom stereocenters. The van der Waals surface area contributed by atoms with Crippen molar-refractivity contribution in [3.63, 3.8) is 0 Å². The van der Waals surface area contributed by atoms with Gasteiger partial charge in [0.05, 0.1) is 17.7 Å². The third-order valence-electron chi connectivity index (χ3n) is 10.9. The standard InChI is InChI=1S/C36H50N4O6/c1-25(19-26-11-5-4-6-12-26)32(42)39-18-17-36(46,35(23-39)15-9-10-16-35)24-40-22-30(33(43)38(2)3)29(20-31(40)41)28-14-8-7-13-27(28)21-37-34(44)45/h7-8,13-14,20,22,25-26,37,46H,4-6,9-12,15-19,21,23-24H2,1-3H3,(H,44,45). The highest BCUT2D eigenvalue weighted by Crippen LogP contribution is 2.52. The zero-order chi connectivity index (χ0) is 33.1. The van der Waals surface area contributed by atoms with E-state index in [9.17, 15) is 24.3 Å². The van der Waals surface area contributed by atoms with Crippen molar-refractivity contribution in [3.05, 3.63) is 58.0 Å². The zero-order valence-corrected chi connectivity index (χ0v) is 27.6. The molecule has 2 saturated carbocycles. The average molecular weight is 635 g/mol. The van der Waals surface area contributed by atoms with Gasteiger partial charge in [0.1, 0.15) is 0 Å². The van der Waals surface area contributed by atoms with Crippen LogP contribution in [0.4, 0.5) is 4.79 Å². The first-order chi connectivity index (χ1) is 21.9. The lowest BCUT2D eigenvalue weighted by atomic mass is 9.65. The second kappa shape index (κ2) is 14.0. The Morgan fingerprint density at radius 2 is 1.72 bits per heavy atom. The molecule has 46 heavy (non-hydrogen) atoms. The van der Waals surface area contributed by atoms with E-state index in [1.54, 1.807) is 44.6 Å². The van der Waals surface area contributed by atoms with Crippen molar-refractivity contribution < 1.29 is 24.6 Å². The molecule has 250 valence electrons. The van der Waals surface area contributed by atoms with Crippen LogP contribution < -0.4 is 10.9 Å². The molecule has 5 rings (SSSR count). The molecule has 3 fully saturated rings. The van der Waals surface area contributed by atoms with Gasteiger partial charge in [0.2, 0.25) is 5.91 Å². The van der Waals surface area contributed by atoms with Crippen molar-refractivity contribution >= 4 is 17.9 Å². The SMILES string of the molecule is CC(CC1CCCCC1)C(=O)N1CCC(O)(Cn2cc(C(=O)N(C)C)c(-c3ccccc3CNC(=O)O)cc2=O)C2(CCCC2)C1. The molecule has 2 heterocycles. The summed E-state index contributed by atoms with van der Waals surface area (Å²) < 4.78 is 1.46. The van der Waals surface area contributed by atoms with E-state index in [1.807, 2.05) is 4.90 Å². The van der Waals surface area contributed by atoms with Crippen LogP contribution in [0.2, 0.25) is 0 Å².